The van der Waals surface area contributed by atoms with Crippen LogP contribution in [0, 0.1) is 0 Å². The van der Waals surface area contributed by atoms with Gasteiger partial charge in [-0.25, -0.2) is 0 Å². The van der Waals surface area contributed by atoms with Gasteiger partial charge >= 0.3 is 11.8 Å². The van der Waals surface area contributed by atoms with Gasteiger partial charge in [0.1, 0.15) is 0 Å². The van der Waals surface area contributed by atoms with E-state index in [2.05, 4.69) is 10.6 Å². The molecule has 0 saturated heterocycles. The van der Waals surface area contributed by atoms with E-state index in [1.807, 2.05) is 0 Å². The lowest BCUT2D eigenvalue weighted by atomic mass is 10.1. The van der Waals surface area contributed by atoms with Crippen LogP contribution in [0.25, 0.3) is 0 Å². The van der Waals surface area contributed by atoms with Crippen molar-refractivity contribution in [1.29, 1.82) is 0 Å². The van der Waals surface area contributed by atoms with Gasteiger partial charge in [0.25, 0.3) is 0 Å². The number of fused-ring (bicyclic) bond motifs is 1. The molecule has 0 aliphatic carbocycles. The molecule has 1 aliphatic heterocycles. The summed E-state index contributed by atoms with van der Waals surface area (Å²) in [5.74, 6) is -0.423. The standard InChI is InChI=1S/C18H17ClN2O5/c19-12-3-1-2-4-13(12)21-18(24)17(23)20-8-7-14(22)11-5-6-15-16(9-11)26-10-25-15/h1-6,9,14,22H,7-8,10H2,(H,20,23)(H,21,24)/t14-/m0/s1. The van der Waals surface area contributed by atoms with Crippen molar-refractivity contribution in [3.8, 4) is 11.5 Å². The predicted octanol–water partition coefficient (Wildman–Crippen LogP) is 2.25. The third kappa shape index (κ3) is 4.25. The van der Waals surface area contributed by atoms with Crippen molar-refractivity contribution in [3.63, 3.8) is 0 Å². The molecule has 1 atom stereocenters. The van der Waals surface area contributed by atoms with E-state index < -0.39 is 17.9 Å². The lowest BCUT2D eigenvalue weighted by Crippen LogP contribution is -2.36. The SMILES string of the molecule is O=C(NCC[C@H](O)c1ccc2c(c1)OCO2)C(=O)Nc1ccccc1Cl. The molecule has 7 nitrogen and oxygen atoms in total. The topological polar surface area (TPSA) is 96.9 Å². The van der Waals surface area contributed by atoms with Crippen LogP contribution >= 0.6 is 11.6 Å². The van der Waals surface area contributed by atoms with Gasteiger partial charge in [0.2, 0.25) is 6.79 Å². The second-order valence-electron chi connectivity index (χ2n) is 5.61. The quantitative estimate of drug-likeness (QED) is 0.695. The number of para-hydroxylation sites is 1. The number of aliphatic hydroxyl groups excluding tert-OH is 1. The van der Waals surface area contributed by atoms with Gasteiger partial charge < -0.3 is 25.2 Å². The van der Waals surface area contributed by atoms with E-state index in [0.29, 0.717) is 27.8 Å². The van der Waals surface area contributed by atoms with Gasteiger partial charge in [0.15, 0.2) is 11.5 Å². The van der Waals surface area contributed by atoms with E-state index in [1.165, 1.54) is 0 Å². The minimum absolute atomic E-state index is 0.129. The second-order valence-corrected chi connectivity index (χ2v) is 6.01. The van der Waals surface area contributed by atoms with Gasteiger partial charge in [0, 0.05) is 6.54 Å². The summed E-state index contributed by atoms with van der Waals surface area (Å²) in [5, 5.41) is 15.4. The van der Waals surface area contributed by atoms with Gasteiger partial charge in [-0.05, 0) is 36.2 Å². The molecule has 0 spiro atoms. The maximum absolute atomic E-state index is 11.9. The molecule has 2 aromatic carbocycles. The minimum atomic E-state index is -0.823. The number of hydrogen-bond acceptors (Lipinski definition) is 5. The average molecular weight is 377 g/mol. The number of ether oxygens (including phenoxy) is 2. The van der Waals surface area contributed by atoms with E-state index >= 15 is 0 Å². The number of carbonyl (C=O) groups excluding carboxylic acids is 2. The van der Waals surface area contributed by atoms with Crippen LogP contribution in [-0.2, 0) is 9.59 Å². The van der Waals surface area contributed by atoms with Gasteiger partial charge in [-0.1, -0.05) is 29.8 Å². The number of amides is 2. The fourth-order valence-electron chi connectivity index (χ4n) is 2.43. The molecule has 1 heterocycles. The Morgan fingerprint density at radius 1 is 1.12 bits per heavy atom. The highest BCUT2D eigenvalue weighted by atomic mass is 35.5. The molecule has 0 saturated carbocycles. The Morgan fingerprint density at radius 2 is 1.88 bits per heavy atom. The van der Waals surface area contributed by atoms with Crippen molar-refractivity contribution >= 4 is 29.1 Å². The third-order valence-electron chi connectivity index (χ3n) is 3.81. The molecule has 8 heteroatoms. The maximum Gasteiger partial charge on any atom is 0.313 e. The van der Waals surface area contributed by atoms with E-state index in [0.717, 1.165) is 0 Å². The van der Waals surface area contributed by atoms with Crippen molar-refractivity contribution < 1.29 is 24.2 Å². The average Bonchev–Trinajstić information content (AvgIpc) is 3.11. The van der Waals surface area contributed by atoms with Gasteiger partial charge in [-0.15, -0.1) is 0 Å². The van der Waals surface area contributed by atoms with Crippen LogP contribution in [0.5, 0.6) is 11.5 Å². The van der Waals surface area contributed by atoms with Crippen LogP contribution in [0.15, 0.2) is 42.5 Å². The lowest BCUT2D eigenvalue weighted by molar-refractivity contribution is -0.136. The summed E-state index contributed by atoms with van der Waals surface area (Å²) in [5.41, 5.74) is 0.999. The lowest BCUT2D eigenvalue weighted by Gasteiger charge is -2.12. The first-order valence-electron chi connectivity index (χ1n) is 7.96. The largest absolute Gasteiger partial charge is 0.454 e. The number of carbonyl (C=O) groups is 2. The summed E-state index contributed by atoms with van der Waals surface area (Å²) in [6.07, 6.45) is -0.568. The van der Waals surface area contributed by atoms with Gasteiger partial charge in [-0.2, -0.15) is 0 Å². The van der Waals surface area contributed by atoms with Crippen LogP contribution < -0.4 is 20.1 Å². The molecule has 0 bridgehead atoms. The molecule has 2 aromatic rings. The van der Waals surface area contributed by atoms with E-state index in [-0.39, 0.29) is 19.8 Å². The molecule has 1 aliphatic rings. The molecule has 3 N–H and O–H groups in total. The summed E-state index contributed by atoms with van der Waals surface area (Å²) >= 11 is 5.93. The Balaban J connectivity index is 1.47. The first-order chi connectivity index (χ1) is 12.5. The van der Waals surface area contributed by atoms with Gasteiger partial charge in [-0.3, -0.25) is 9.59 Å². The van der Waals surface area contributed by atoms with Crippen molar-refractivity contribution in [3.05, 3.63) is 53.1 Å². The molecule has 136 valence electrons. The Kier molecular flexibility index (Phi) is 5.60. The molecule has 3 rings (SSSR count). The maximum atomic E-state index is 11.9. The van der Waals surface area contributed by atoms with Crippen LogP contribution in [-0.4, -0.2) is 30.3 Å². The third-order valence-corrected chi connectivity index (χ3v) is 4.14. The molecule has 0 radical (unpaired) electrons. The van der Waals surface area contributed by atoms with Gasteiger partial charge in [0.05, 0.1) is 16.8 Å². The number of aliphatic hydroxyl groups is 1. The molecule has 0 unspecified atom stereocenters. The first-order valence-corrected chi connectivity index (χ1v) is 8.33. The zero-order valence-electron chi connectivity index (χ0n) is 13.7. The highest BCUT2D eigenvalue weighted by Crippen LogP contribution is 2.34. The van der Waals surface area contributed by atoms with Crippen molar-refractivity contribution in [2.75, 3.05) is 18.7 Å². The Morgan fingerprint density at radius 3 is 2.69 bits per heavy atom. The molecule has 0 fully saturated rings. The Hall–Kier alpha value is -2.77. The highest BCUT2D eigenvalue weighted by molar-refractivity contribution is 6.41. The van der Waals surface area contributed by atoms with Crippen LogP contribution in [0.3, 0.4) is 0 Å². The van der Waals surface area contributed by atoms with Crippen LogP contribution in [0.4, 0.5) is 5.69 Å². The smallest absolute Gasteiger partial charge is 0.313 e. The van der Waals surface area contributed by atoms with E-state index in [9.17, 15) is 14.7 Å². The normalized spacial score (nSPS) is 13.2. The van der Waals surface area contributed by atoms with Crippen LogP contribution in [0.2, 0.25) is 5.02 Å². The van der Waals surface area contributed by atoms with Crippen LogP contribution in [0.1, 0.15) is 18.1 Å². The molecular formula is C18H17ClN2O5. The summed E-state index contributed by atoms with van der Waals surface area (Å²) < 4.78 is 10.5. The molecule has 2 amide bonds. The zero-order valence-corrected chi connectivity index (χ0v) is 14.5. The number of nitrogens with one attached hydrogen (secondary N) is 2. The number of halogens is 1. The summed E-state index contributed by atoms with van der Waals surface area (Å²) in [7, 11) is 0. The summed E-state index contributed by atoms with van der Waals surface area (Å²) in [6.45, 7) is 0.288. The second kappa shape index (κ2) is 8.07. The summed E-state index contributed by atoms with van der Waals surface area (Å²) in [6, 6.07) is 11.8. The number of hydrogen-bond donors (Lipinski definition) is 3. The van der Waals surface area contributed by atoms with Crippen molar-refractivity contribution in [2.45, 2.75) is 12.5 Å². The minimum Gasteiger partial charge on any atom is -0.454 e. The molecule has 26 heavy (non-hydrogen) atoms. The van der Waals surface area contributed by atoms with E-state index in [4.69, 9.17) is 21.1 Å². The first kappa shape index (κ1) is 18.0. The predicted molar refractivity (Wildman–Crippen MR) is 95.2 cm³/mol. The number of anilines is 1. The Bertz CT molecular complexity index is 827. The van der Waals surface area contributed by atoms with Crippen molar-refractivity contribution in [2.24, 2.45) is 0 Å². The van der Waals surface area contributed by atoms with E-state index in [1.54, 1.807) is 42.5 Å². The monoisotopic (exact) mass is 376 g/mol. The van der Waals surface area contributed by atoms with Crippen molar-refractivity contribution in [1.82, 2.24) is 5.32 Å². The Labute approximate surface area is 154 Å². The number of rotatable bonds is 5. The molecular weight excluding hydrogens is 360 g/mol. The number of benzene rings is 2. The molecule has 0 aromatic heterocycles. The fraction of sp³-hybridized carbons (Fsp3) is 0.222. The zero-order chi connectivity index (χ0) is 18.5. The fourth-order valence-corrected chi connectivity index (χ4v) is 2.61. The summed E-state index contributed by atoms with van der Waals surface area (Å²) in [4.78, 5) is 23.7. The highest BCUT2D eigenvalue weighted by Gasteiger charge is 2.18.